The molecule has 0 aliphatic carbocycles. The molecule has 3 nitrogen and oxygen atoms in total. The maximum atomic E-state index is 0. The van der Waals surface area contributed by atoms with Gasteiger partial charge in [0.1, 0.15) is 0 Å². The van der Waals surface area contributed by atoms with E-state index >= 15 is 0 Å². The standard InChI is InChI=1S/2Bi.2Cu.3O/q2*+3;;;3*-2. The van der Waals surface area contributed by atoms with Gasteiger partial charge in [-0.3, -0.25) is 0 Å². The molecule has 50 valence electrons. The van der Waals surface area contributed by atoms with Crippen LogP contribution in [0.5, 0.6) is 0 Å². The first-order valence-electron chi connectivity index (χ1n) is 0. The van der Waals surface area contributed by atoms with Crippen molar-refractivity contribution in [2.75, 3.05) is 0 Å². The smallest absolute Gasteiger partial charge is 2.00 e. The summed E-state index contributed by atoms with van der Waals surface area (Å²) in [5.74, 6) is 0. The zero-order valence-corrected chi connectivity index (χ0v) is 11.6. The van der Waals surface area contributed by atoms with Gasteiger partial charge >= 0.3 is 52.4 Å². The molecule has 0 fully saturated rings. The van der Waals surface area contributed by atoms with Crippen molar-refractivity contribution in [1.82, 2.24) is 0 Å². The maximum absolute atomic E-state index is 0. The molecule has 0 saturated carbocycles. The number of hydrogen-bond donors (Lipinski definition) is 0. The Kier molecular flexibility index (Phi) is 1030. The summed E-state index contributed by atoms with van der Waals surface area (Å²) in [4.78, 5) is 0. The summed E-state index contributed by atoms with van der Waals surface area (Å²) in [7, 11) is 0. The molecule has 0 spiro atoms. The van der Waals surface area contributed by atoms with Gasteiger partial charge in [-0.1, -0.05) is 0 Å². The van der Waals surface area contributed by atoms with Crippen LogP contribution in [0, 0.1) is 0 Å². The Morgan fingerprint density at radius 3 is 0.429 bits per heavy atom. The van der Waals surface area contributed by atoms with E-state index in [1.54, 1.807) is 0 Å². The second kappa shape index (κ2) is 71.1. The van der Waals surface area contributed by atoms with E-state index in [4.69, 9.17) is 0 Å². The first-order chi connectivity index (χ1) is 0. The molecule has 0 aromatic heterocycles. The van der Waals surface area contributed by atoms with Crippen LogP contribution in [-0.4, -0.2) is 52.4 Å². The second-order valence-electron chi connectivity index (χ2n) is 0. The van der Waals surface area contributed by atoms with Crippen molar-refractivity contribution in [3.63, 3.8) is 0 Å². The van der Waals surface area contributed by atoms with Crippen molar-refractivity contribution in [3.05, 3.63) is 0 Å². The average Bonchev–Trinajstić information content (AvgIpc) is 0. The van der Waals surface area contributed by atoms with Crippen LogP contribution in [0.1, 0.15) is 0 Å². The van der Waals surface area contributed by atoms with E-state index in [0.29, 0.717) is 0 Å². The molecule has 0 aromatic carbocycles. The molecule has 0 aliphatic heterocycles. The zero-order chi connectivity index (χ0) is 0. The minimum absolute atomic E-state index is 0. The molecule has 0 rings (SSSR count). The molecule has 6 radical (unpaired) electrons. The van der Waals surface area contributed by atoms with Crippen molar-refractivity contribution in [2.24, 2.45) is 0 Å². The van der Waals surface area contributed by atoms with Crippen molar-refractivity contribution in [2.45, 2.75) is 0 Å². The van der Waals surface area contributed by atoms with E-state index in [2.05, 4.69) is 0 Å². The van der Waals surface area contributed by atoms with Crippen molar-refractivity contribution in [1.29, 1.82) is 0 Å². The molecule has 0 aliphatic rings. The van der Waals surface area contributed by atoms with Crippen LogP contribution in [0.3, 0.4) is 0 Å². The Labute approximate surface area is 101 Å². The molecule has 0 amide bonds. The average molecular weight is 593 g/mol. The van der Waals surface area contributed by atoms with Gasteiger partial charge in [0.2, 0.25) is 0 Å². The molecular formula is Bi2Cu2O3. The van der Waals surface area contributed by atoms with E-state index in [1.807, 2.05) is 0 Å². The molecule has 0 aromatic rings. The van der Waals surface area contributed by atoms with E-state index in [0.717, 1.165) is 0 Å². The summed E-state index contributed by atoms with van der Waals surface area (Å²) < 4.78 is 0. The SMILES string of the molecule is [Bi+3].[Bi+3].[Cu].[Cu].[O-2].[O-2].[O-2]. The number of rotatable bonds is 0. The summed E-state index contributed by atoms with van der Waals surface area (Å²) in [6, 6.07) is 0. The Morgan fingerprint density at radius 1 is 0.429 bits per heavy atom. The van der Waals surface area contributed by atoms with Crippen molar-refractivity contribution >= 4 is 52.4 Å². The van der Waals surface area contributed by atoms with Gasteiger partial charge in [0, 0.05) is 34.1 Å². The van der Waals surface area contributed by atoms with Crippen LogP contribution >= 0.6 is 0 Å². The molecule has 0 N–H and O–H groups in total. The third kappa shape index (κ3) is 53.8. The minimum atomic E-state index is 0. The zero-order valence-electron chi connectivity index (χ0n) is 2.72. The molecule has 0 heterocycles. The van der Waals surface area contributed by atoms with Crippen molar-refractivity contribution < 1.29 is 50.6 Å². The van der Waals surface area contributed by atoms with Crippen LogP contribution in [0.25, 0.3) is 0 Å². The fourth-order valence-corrected chi connectivity index (χ4v) is 0. The van der Waals surface area contributed by atoms with Gasteiger partial charge in [-0.2, -0.15) is 0 Å². The van der Waals surface area contributed by atoms with E-state index in [9.17, 15) is 0 Å². The van der Waals surface area contributed by atoms with Gasteiger partial charge in [-0.15, -0.1) is 0 Å². The summed E-state index contributed by atoms with van der Waals surface area (Å²) in [5.41, 5.74) is 0. The monoisotopic (exact) mass is 592 g/mol. The Bertz CT molecular complexity index is 10.9. The molecule has 0 atom stereocenters. The topological polar surface area (TPSA) is 85.5 Å². The maximum Gasteiger partial charge on any atom is 3.00 e. The van der Waals surface area contributed by atoms with Gasteiger partial charge in [0.15, 0.2) is 0 Å². The first-order valence-corrected chi connectivity index (χ1v) is 0. The molecular weight excluding hydrogens is 593 g/mol. The Balaban J connectivity index is 0. The van der Waals surface area contributed by atoms with Crippen LogP contribution in [0.2, 0.25) is 0 Å². The van der Waals surface area contributed by atoms with Gasteiger partial charge in [-0.05, 0) is 0 Å². The van der Waals surface area contributed by atoms with E-state index in [-0.39, 0.29) is 103 Å². The predicted molar refractivity (Wildman–Crippen MR) is 13.6 cm³/mol. The molecule has 0 bridgehead atoms. The molecule has 0 unspecified atom stereocenters. The summed E-state index contributed by atoms with van der Waals surface area (Å²) in [6.07, 6.45) is 0. The van der Waals surface area contributed by atoms with Crippen LogP contribution < -0.4 is 0 Å². The van der Waals surface area contributed by atoms with Crippen LogP contribution in [0.4, 0.5) is 0 Å². The fourth-order valence-electron chi connectivity index (χ4n) is 0. The third-order valence-electron chi connectivity index (χ3n) is 0. The Morgan fingerprint density at radius 2 is 0.429 bits per heavy atom. The van der Waals surface area contributed by atoms with Crippen LogP contribution in [0.15, 0.2) is 0 Å². The van der Waals surface area contributed by atoms with E-state index < -0.39 is 0 Å². The summed E-state index contributed by atoms with van der Waals surface area (Å²) in [6.45, 7) is 0. The minimum Gasteiger partial charge on any atom is -2.00 e. The largest absolute Gasteiger partial charge is 3.00 e. The van der Waals surface area contributed by atoms with Gasteiger partial charge in [0.05, 0.1) is 0 Å². The van der Waals surface area contributed by atoms with Gasteiger partial charge < -0.3 is 16.4 Å². The Hall–Kier alpha value is 2.69. The molecule has 0 saturated heterocycles. The summed E-state index contributed by atoms with van der Waals surface area (Å²) >= 11 is 0. The molecule has 7 heteroatoms. The third-order valence-corrected chi connectivity index (χ3v) is 0. The van der Waals surface area contributed by atoms with Gasteiger partial charge in [0.25, 0.3) is 0 Å². The predicted octanol–water partition coefficient (Wildman–Crippen LogP) is -1.12. The van der Waals surface area contributed by atoms with Crippen molar-refractivity contribution in [3.8, 4) is 0 Å². The summed E-state index contributed by atoms with van der Waals surface area (Å²) in [5, 5.41) is 0. The molecule has 7 heavy (non-hydrogen) atoms. The number of hydrogen-bond acceptors (Lipinski definition) is 0. The normalized spacial score (nSPS) is 0. The first kappa shape index (κ1) is 101. The quantitative estimate of drug-likeness (QED) is 0.319. The van der Waals surface area contributed by atoms with Crippen LogP contribution in [-0.2, 0) is 50.6 Å². The second-order valence-corrected chi connectivity index (χ2v) is 0. The van der Waals surface area contributed by atoms with Gasteiger partial charge in [-0.25, -0.2) is 0 Å². The van der Waals surface area contributed by atoms with E-state index in [1.165, 1.54) is 0 Å². The fraction of sp³-hybridized carbons (Fsp3) is 0.